The molecule has 2 aromatic carbocycles. The molecule has 2 aromatic rings. The number of halogens is 1. The molecule has 0 aliphatic rings. The van der Waals surface area contributed by atoms with Crippen LogP contribution < -0.4 is 15.8 Å². The summed E-state index contributed by atoms with van der Waals surface area (Å²) in [5.41, 5.74) is 7.57. The minimum Gasteiger partial charge on any atom is -0.489 e. The van der Waals surface area contributed by atoms with Gasteiger partial charge in [-0.3, -0.25) is 0 Å². The van der Waals surface area contributed by atoms with E-state index in [1.54, 1.807) is 0 Å². The van der Waals surface area contributed by atoms with Crippen LogP contribution in [0.2, 0.25) is 5.02 Å². The molecule has 0 radical (unpaired) electrons. The number of nitrogens with one attached hydrogen (secondary N) is 1. The number of hydrogen-bond donors (Lipinski definition) is 2. The molecule has 0 saturated carbocycles. The first kappa shape index (κ1) is 14.7. The Morgan fingerprint density at radius 1 is 1.10 bits per heavy atom. The Labute approximate surface area is 124 Å². The summed E-state index contributed by atoms with van der Waals surface area (Å²) in [6, 6.07) is 15.6. The standard InChI is InChI=1S/C16H19ClN2O/c17-14-5-1-4-13(10-14)12-20-16-7-2-6-15(11-16)19-9-3-8-18/h1-2,4-7,10-11,19H,3,8-9,12,18H2. The van der Waals surface area contributed by atoms with Crippen LogP contribution >= 0.6 is 11.6 Å². The maximum absolute atomic E-state index is 5.95. The van der Waals surface area contributed by atoms with Crippen LogP contribution in [0.15, 0.2) is 48.5 Å². The second kappa shape index (κ2) is 7.78. The van der Waals surface area contributed by atoms with Gasteiger partial charge in [0.2, 0.25) is 0 Å². The Morgan fingerprint density at radius 2 is 1.95 bits per heavy atom. The van der Waals surface area contributed by atoms with E-state index in [4.69, 9.17) is 22.1 Å². The fourth-order valence-electron chi connectivity index (χ4n) is 1.82. The monoisotopic (exact) mass is 290 g/mol. The van der Waals surface area contributed by atoms with E-state index in [9.17, 15) is 0 Å². The zero-order valence-corrected chi connectivity index (χ0v) is 12.1. The molecule has 0 aromatic heterocycles. The lowest BCUT2D eigenvalue weighted by atomic mass is 10.2. The molecule has 0 unspecified atom stereocenters. The topological polar surface area (TPSA) is 47.3 Å². The lowest BCUT2D eigenvalue weighted by Crippen LogP contribution is -2.08. The average Bonchev–Trinajstić information content (AvgIpc) is 2.46. The Kier molecular flexibility index (Phi) is 5.71. The molecule has 0 fully saturated rings. The minimum absolute atomic E-state index is 0.507. The summed E-state index contributed by atoms with van der Waals surface area (Å²) in [6.45, 7) is 2.07. The third kappa shape index (κ3) is 4.76. The summed E-state index contributed by atoms with van der Waals surface area (Å²) < 4.78 is 5.77. The van der Waals surface area contributed by atoms with E-state index in [2.05, 4.69) is 5.32 Å². The van der Waals surface area contributed by atoms with Crippen LogP contribution in [0.1, 0.15) is 12.0 Å². The van der Waals surface area contributed by atoms with E-state index >= 15 is 0 Å². The Morgan fingerprint density at radius 3 is 2.75 bits per heavy atom. The van der Waals surface area contributed by atoms with Crippen molar-refractivity contribution in [3.05, 3.63) is 59.1 Å². The van der Waals surface area contributed by atoms with Crippen LogP contribution in [0.4, 0.5) is 5.69 Å². The molecule has 20 heavy (non-hydrogen) atoms. The summed E-state index contributed by atoms with van der Waals surface area (Å²) in [7, 11) is 0. The van der Waals surface area contributed by atoms with Crippen LogP contribution in [0.3, 0.4) is 0 Å². The summed E-state index contributed by atoms with van der Waals surface area (Å²) in [4.78, 5) is 0. The van der Waals surface area contributed by atoms with Gasteiger partial charge in [-0.1, -0.05) is 29.8 Å². The summed E-state index contributed by atoms with van der Waals surface area (Å²) in [5.74, 6) is 0.836. The highest BCUT2D eigenvalue weighted by atomic mass is 35.5. The fraction of sp³-hybridized carbons (Fsp3) is 0.250. The lowest BCUT2D eigenvalue weighted by Gasteiger charge is -2.10. The molecule has 0 aliphatic carbocycles. The van der Waals surface area contributed by atoms with Crippen molar-refractivity contribution in [1.29, 1.82) is 0 Å². The second-order valence-electron chi connectivity index (χ2n) is 4.52. The van der Waals surface area contributed by atoms with Crippen molar-refractivity contribution in [3.8, 4) is 5.75 Å². The lowest BCUT2D eigenvalue weighted by molar-refractivity contribution is 0.306. The van der Waals surface area contributed by atoms with Gasteiger partial charge < -0.3 is 15.8 Å². The van der Waals surface area contributed by atoms with E-state index in [1.165, 1.54) is 0 Å². The molecule has 106 valence electrons. The van der Waals surface area contributed by atoms with Gasteiger partial charge in [0, 0.05) is 23.3 Å². The first-order valence-electron chi connectivity index (χ1n) is 6.69. The smallest absolute Gasteiger partial charge is 0.121 e. The SMILES string of the molecule is NCCCNc1cccc(OCc2cccc(Cl)c2)c1. The molecule has 4 heteroatoms. The van der Waals surface area contributed by atoms with Gasteiger partial charge in [0.25, 0.3) is 0 Å². The van der Waals surface area contributed by atoms with Gasteiger partial charge in [-0.15, -0.1) is 0 Å². The number of anilines is 1. The minimum atomic E-state index is 0.507. The Balaban J connectivity index is 1.91. The van der Waals surface area contributed by atoms with Crippen LogP contribution in [-0.4, -0.2) is 13.1 Å². The second-order valence-corrected chi connectivity index (χ2v) is 4.95. The zero-order chi connectivity index (χ0) is 14.2. The molecule has 0 atom stereocenters. The van der Waals surface area contributed by atoms with E-state index in [1.807, 2.05) is 48.5 Å². The Bertz CT molecular complexity index is 546. The van der Waals surface area contributed by atoms with Crippen LogP contribution in [0.25, 0.3) is 0 Å². The molecule has 0 spiro atoms. The number of hydrogen-bond acceptors (Lipinski definition) is 3. The van der Waals surface area contributed by atoms with Crippen molar-refractivity contribution in [3.63, 3.8) is 0 Å². The van der Waals surface area contributed by atoms with Gasteiger partial charge in [0.1, 0.15) is 12.4 Å². The van der Waals surface area contributed by atoms with E-state index in [0.717, 1.165) is 35.0 Å². The highest BCUT2D eigenvalue weighted by Crippen LogP contribution is 2.19. The molecule has 0 bridgehead atoms. The maximum Gasteiger partial charge on any atom is 0.121 e. The average molecular weight is 291 g/mol. The summed E-state index contributed by atoms with van der Waals surface area (Å²) in [6.07, 6.45) is 0.952. The zero-order valence-electron chi connectivity index (χ0n) is 11.3. The first-order valence-corrected chi connectivity index (χ1v) is 7.07. The van der Waals surface area contributed by atoms with Crippen molar-refractivity contribution >= 4 is 17.3 Å². The third-order valence-electron chi connectivity index (χ3n) is 2.84. The molecule has 0 heterocycles. The van der Waals surface area contributed by atoms with Gasteiger partial charge in [-0.25, -0.2) is 0 Å². The molecule has 2 rings (SSSR count). The fourth-order valence-corrected chi connectivity index (χ4v) is 2.04. The van der Waals surface area contributed by atoms with Gasteiger partial charge >= 0.3 is 0 Å². The largest absolute Gasteiger partial charge is 0.489 e. The number of ether oxygens (including phenoxy) is 1. The van der Waals surface area contributed by atoms with Gasteiger partial charge in [-0.2, -0.15) is 0 Å². The molecular weight excluding hydrogens is 272 g/mol. The third-order valence-corrected chi connectivity index (χ3v) is 3.07. The van der Waals surface area contributed by atoms with E-state index < -0.39 is 0 Å². The summed E-state index contributed by atoms with van der Waals surface area (Å²) in [5, 5.41) is 4.04. The number of rotatable bonds is 7. The van der Waals surface area contributed by atoms with Gasteiger partial charge in [-0.05, 0) is 42.8 Å². The number of benzene rings is 2. The van der Waals surface area contributed by atoms with Crippen molar-refractivity contribution in [2.45, 2.75) is 13.0 Å². The predicted molar refractivity (Wildman–Crippen MR) is 84.4 cm³/mol. The molecule has 3 nitrogen and oxygen atoms in total. The van der Waals surface area contributed by atoms with Crippen molar-refractivity contribution in [2.24, 2.45) is 5.73 Å². The van der Waals surface area contributed by atoms with Crippen LogP contribution in [0.5, 0.6) is 5.75 Å². The van der Waals surface area contributed by atoms with Crippen LogP contribution in [-0.2, 0) is 6.61 Å². The van der Waals surface area contributed by atoms with Crippen molar-refractivity contribution in [2.75, 3.05) is 18.4 Å². The van der Waals surface area contributed by atoms with Gasteiger partial charge in [0.05, 0.1) is 0 Å². The molecule has 0 aliphatic heterocycles. The van der Waals surface area contributed by atoms with E-state index in [0.29, 0.717) is 13.2 Å². The van der Waals surface area contributed by atoms with E-state index in [-0.39, 0.29) is 0 Å². The molecule has 3 N–H and O–H groups in total. The maximum atomic E-state index is 5.95. The van der Waals surface area contributed by atoms with Crippen molar-refractivity contribution < 1.29 is 4.74 Å². The summed E-state index contributed by atoms with van der Waals surface area (Å²) >= 11 is 5.95. The quantitative estimate of drug-likeness (QED) is 0.765. The normalized spacial score (nSPS) is 10.3. The Hall–Kier alpha value is -1.71. The number of nitrogens with two attached hydrogens (primary N) is 1. The molecule has 0 amide bonds. The first-order chi connectivity index (χ1) is 9.78. The molecule has 0 saturated heterocycles. The highest BCUT2D eigenvalue weighted by Gasteiger charge is 1.99. The highest BCUT2D eigenvalue weighted by molar-refractivity contribution is 6.30. The predicted octanol–water partition coefficient (Wildman–Crippen LogP) is 3.68. The van der Waals surface area contributed by atoms with Crippen molar-refractivity contribution in [1.82, 2.24) is 0 Å². The molecular formula is C16H19ClN2O. The van der Waals surface area contributed by atoms with Crippen LogP contribution in [0, 0.1) is 0 Å². The van der Waals surface area contributed by atoms with Gasteiger partial charge in [0.15, 0.2) is 0 Å².